The zero-order valence-corrected chi connectivity index (χ0v) is 12.8. The molecule has 0 N–H and O–H groups in total. The van der Waals surface area contributed by atoms with Crippen molar-refractivity contribution >= 4 is 23.1 Å². The summed E-state index contributed by atoms with van der Waals surface area (Å²) < 4.78 is 2.85. The lowest BCUT2D eigenvalue weighted by Gasteiger charge is -2.03. The van der Waals surface area contributed by atoms with Gasteiger partial charge in [-0.2, -0.15) is 5.10 Å². The van der Waals surface area contributed by atoms with Crippen LogP contribution in [0.5, 0.6) is 0 Å². The van der Waals surface area contributed by atoms with Crippen LogP contribution in [0.3, 0.4) is 0 Å². The monoisotopic (exact) mass is 303 g/mol. The van der Waals surface area contributed by atoms with Crippen LogP contribution < -0.4 is 0 Å². The van der Waals surface area contributed by atoms with Crippen molar-refractivity contribution in [2.24, 2.45) is 0 Å². The second-order valence-corrected chi connectivity index (χ2v) is 6.29. The lowest BCUT2D eigenvalue weighted by atomic mass is 10.2. The standard InChI is InChI=1S/C13H13N5S2/c1-9-14-12(10-6-4-3-5-7-10)18(17-9)8-11-15-16-13(19-2)20-11/h3-7H,8H2,1-2H3. The highest BCUT2D eigenvalue weighted by Gasteiger charge is 2.12. The number of hydrogen-bond acceptors (Lipinski definition) is 6. The predicted octanol–water partition coefficient (Wildman–Crippen LogP) is 2.88. The molecular weight excluding hydrogens is 290 g/mol. The molecule has 0 atom stereocenters. The van der Waals surface area contributed by atoms with Crippen molar-refractivity contribution in [1.82, 2.24) is 25.0 Å². The summed E-state index contributed by atoms with van der Waals surface area (Å²) in [6, 6.07) is 10.1. The van der Waals surface area contributed by atoms with Crippen LogP contribution in [0.25, 0.3) is 11.4 Å². The SMILES string of the molecule is CSc1nnc(Cn2nc(C)nc2-c2ccccc2)s1. The molecule has 0 saturated carbocycles. The van der Waals surface area contributed by atoms with Gasteiger partial charge in [0, 0.05) is 5.56 Å². The van der Waals surface area contributed by atoms with Gasteiger partial charge < -0.3 is 0 Å². The number of hydrogen-bond donors (Lipinski definition) is 0. The van der Waals surface area contributed by atoms with E-state index in [0.717, 1.165) is 26.6 Å². The summed E-state index contributed by atoms with van der Waals surface area (Å²) in [6.07, 6.45) is 2.00. The van der Waals surface area contributed by atoms with Crippen LogP contribution in [0.2, 0.25) is 0 Å². The van der Waals surface area contributed by atoms with Crippen molar-refractivity contribution in [2.75, 3.05) is 6.26 Å². The van der Waals surface area contributed by atoms with Gasteiger partial charge in [-0.15, -0.1) is 10.2 Å². The Hall–Kier alpha value is -1.73. The van der Waals surface area contributed by atoms with E-state index in [1.165, 1.54) is 0 Å². The van der Waals surface area contributed by atoms with Crippen molar-refractivity contribution in [2.45, 2.75) is 17.8 Å². The summed E-state index contributed by atoms with van der Waals surface area (Å²) in [5.41, 5.74) is 1.06. The third-order valence-electron chi connectivity index (χ3n) is 2.72. The smallest absolute Gasteiger partial charge is 0.174 e. The Morgan fingerprint density at radius 1 is 1.20 bits per heavy atom. The molecule has 2 heterocycles. The molecule has 0 amide bonds. The number of aromatic nitrogens is 5. The number of nitrogens with zero attached hydrogens (tertiary/aromatic N) is 5. The highest BCUT2D eigenvalue weighted by molar-refractivity contribution is 8.00. The molecule has 7 heteroatoms. The number of rotatable bonds is 4. The van der Waals surface area contributed by atoms with Crippen LogP contribution in [0.4, 0.5) is 0 Å². The molecule has 2 aromatic heterocycles. The summed E-state index contributed by atoms with van der Waals surface area (Å²) in [5, 5.41) is 13.7. The van der Waals surface area contributed by atoms with E-state index in [-0.39, 0.29) is 0 Å². The lowest BCUT2D eigenvalue weighted by molar-refractivity contribution is 0.676. The Labute approximate surface area is 125 Å². The fourth-order valence-corrected chi connectivity index (χ4v) is 3.18. The summed E-state index contributed by atoms with van der Waals surface area (Å²) >= 11 is 3.20. The maximum Gasteiger partial charge on any atom is 0.174 e. The van der Waals surface area contributed by atoms with Gasteiger partial charge in [0.15, 0.2) is 10.2 Å². The first kappa shape index (κ1) is 13.3. The minimum absolute atomic E-state index is 0.600. The molecule has 0 saturated heterocycles. The molecule has 0 bridgehead atoms. The molecule has 0 radical (unpaired) electrons. The topological polar surface area (TPSA) is 56.5 Å². The molecule has 0 aliphatic rings. The molecule has 1 aromatic carbocycles. The molecule has 0 fully saturated rings. The normalized spacial score (nSPS) is 10.9. The van der Waals surface area contributed by atoms with Crippen molar-refractivity contribution in [3.63, 3.8) is 0 Å². The first-order valence-electron chi connectivity index (χ1n) is 6.09. The number of benzene rings is 1. The lowest BCUT2D eigenvalue weighted by Crippen LogP contribution is -2.04. The summed E-state index contributed by atoms with van der Waals surface area (Å²) in [5.74, 6) is 1.63. The summed E-state index contributed by atoms with van der Waals surface area (Å²) in [4.78, 5) is 4.51. The number of aryl methyl sites for hydroxylation is 1. The minimum atomic E-state index is 0.600. The first-order valence-corrected chi connectivity index (χ1v) is 8.13. The Bertz CT molecular complexity index is 705. The molecule has 0 aliphatic heterocycles. The second-order valence-electron chi connectivity index (χ2n) is 4.17. The molecule has 0 aliphatic carbocycles. The average Bonchev–Trinajstić information content (AvgIpc) is 3.07. The van der Waals surface area contributed by atoms with Crippen LogP contribution in [0.1, 0.15) is 10.8 Å². The third kappa shape index (κ3) is 2.73. The van der Waals surface area contributed by atoms with Crippen LogP contribution in [0, 0.1) is 6.92 Å². The van der Waals surface area contributed by atoms with Gasteiger partial charge in [-0.1, -0.05) is 53.4 Å². The van der Waals surface area contributed by atoms with Gasteiger partial charge in [0.05, 0.1) is 6.54 Å². The van der Waals surface area contributed by atoms with Crippen molar-refractivity contribution in [1.29, 1.82) is 0 Å². The fourth-order valence-electron chi connectivity index (χ4n) is 1.88. The van der Waals surface area contributed by atoms with E-state index in [4.69, 9.17) is 0 Å². The van der Waals surface area contributed by atoms with E-state index in [2.05, 4.69) is 20.3 Å². The quantitative estimate of drug-likeness (QED) is 0.694. The van der Waals surface area contributed by atoms with Crippen LogP contribution in [-0.2, 0) is 6.54 Å². The zero-order chi connectivity index (χ0) is 13.9. The molecule has 5 nitrogen and oxygen atoms in total. The molecule has 0 unspecified atom stereocenters. The molecule has 3 rings (SSSR count). The minimum Gasteiger partial charge on any atom is -0.239 e. The Balaban J connectivity index is 1.94. The molecule has 20 heavy (non-hydrogen) atoms. The molecule has 0 spiro atoms. The molecule has 102 valence electrons. The Kier molecular flexibility index (Phi) is 3.79. The van der Waals surface area contributed by atoms with Crippen LogP contribution in [0.15, 0.2) is 34.7 Å². The summed E-state index contributed by atoms with van der Waals surface area (Å²) in [6.45, 7) is 2.50. The second kappa shape index (κ2) is 5.72. The predicted molar refractivity (Wildman–Crippen MR) is 81.0 cm³/mol. The van der Waals surface area contributed by atoms with Gasteiger partial charge >= 0.3 is 0 Å². The number of thioether (sulfide) groups is 1. The Morgan fingerprint density at radius 2 is 2.00 bits per heavy atom. The maximum absolute atomic E-state index is 4.51. The average molecular weight is 303 g/mol. The highest BCUT2D eigenvalue weighted by Crippen LogP contribution is 2.22. The van der Waals surface area contributed by atoms with Gasteiger partial charge in [0.25, 0.3) is 0 Å². The van der Waals surface area contributed by atoms with E-state index >= 15 is 0 Å². The summed E-state index contributed by atoms with van der Waals surface area (Å²) in [7, 11) is 0. The van der Waals surface area contributed by atoms with Crippen LogP contribution >= 0.6 is 23.1 Å². The largest absolute Gasteiger partial charge is 0.239 e. The van der Waals surface area contributed by atoms with Gasteiger partial charge in [-0.25, -0.2) is 9.67 Å². The third-order valence-corrected chi connectivity index (χ3v) is 4.60. The van der Waals surface area contributed by atoms with E-state index < -0.39 is 0 Å². The fraction of sp³-hybridized carbons (Fsp3) is 0.231. The van der Waals surface area contributed by atoms with Crippen molar-refractivity contribution in [3.8, 4) is 11.4 Å². The molecule has 3 aromatic rings. The van der Waals surface area contributed by atoms with E-state index in [0.29, 0.717) is 6.54 Å². The Morgan fingerprint density at radius 3 is 2.70 bits per heavy atom. The zero-order valence-electron chi connectivity index (χ0n) is 11.1. The van der Waals surface area contributed by atoms with Gasteiger partial charge in [-0.3, -0.25) is 0 Å². The van der Waals surface area contributed by atoms with Gasteiger partial charge in [0.1, 0.15) is 10.8 Å². The maximum atomic E-state index is 4.51. The van der Waals surface area contributed by atoms with E-state index in [1.807, 2.05) is 48.2 Å². The van der Waals surface area contributed by atoms with Gasteiger partial charge in [-0.05, 0) is 13.2 Å². The van der Waals surface area contributed by atoms with Crippen LogP contribution in [-0.4, -0.2) is 31.2 Å². The van der Waals surface area contributed by atoms with E-state index in [9.17, 15) is 0 Å². The van der Waals surface area contributed by atoms with Gasteiger partial charge in [0.2, 0.25) is 0 Å². The highest BCUT2D eigenvalue weighted by atomic mass is 32.2. The van der Waals surface area contributed by atoms with E-state index in [1.54, 1.807) is 23.1 Å². The van der Waals surface area contributed by atoms with Crippen molar-refractivity contribution in [3.05, 3.63) is 41.2 Å². The molecular formula is C13H13N5S2. The van der Waals surface area contributed by atoms with Crippen molar-refractivity contribution < 1.29 is 0 Å². The first-order chi connectivity index (χ1) is 9.76.